The number of ether oxygens (including phenoxy) is 1. The number of hydrogen-bond acceptors (Lipinski definition) is 4. The summed E-state index contributed by atoms with van der Waals surface area (Å²) in [6.45, 7) is 3.96. The SMILES string of the molecule is CCOC(=O)C(N)Cc1cc(C)ccc1O. The second-order valence-corrected chi connectivity index (χ2v) is 3.69. The molecule has 0 saturated heterocycles. The summed E-state index contributed by atoms with van der Waals surface area (Å²) in [5.74, 6) is -0.284. The predicted molar refractivity (Wildman–Crippen MR) is 61.2 cm³/mol. The number of hydrogen-bond donors (Lipinski definition) is 2. The monoisotopic (exact) mass is 223 g/mol. The molecular formula is C12H17NO3. The van der Waals surface area contributed by atoms with E-state index in [9.17, 15) is 9.90 Å². The minimum Gasteiger partial charge on any atom is -0.508 e. The van der Waals surface area contributed by atoms with Crippen LogP contribution in [0.4, 0.5) is 0 Å². The Morgan fingerprint density at radius 2 is 2.25 bits per heavy atom. The topological polar surface area (TPSA) is 72.5 Å². The zero-order valence-electron chi connectivity index (χ0n) is 9.56. The van der Waals surface area contributed by atoms with Crippen LogP contribution in [-0.4, -0.2) is 23.7 Å². The lowest BCUT2D eigenvalue weighted by Gasteiger charge is -2.12. The molecule has 3 N–H and O–H groups in total. The first-order valence-electron chi connectivity index (χ1n) is 5.25. The van der Waals surface area contributed by atoms with Gasteiger partial charge in [0.15, 0.2) is 0 Å². The summed E-state index contributed by atoms with van der Waals surface area (Å²) >= 11 is 0. The maximum Gasteiger partial charge on any atom is 0.323 e. The third kappa shape index (κ3) is 3.24. The van der Waals surface area contributed by atoms with E-state index in [-0.39, 0.29) is 12.2 Å². The van der Waals surface area contributed by atoms with Crippen LogP contribution in [0.1, 0.15) is 18.1 Å². The molecule has 0 aliphatic carbocycles. The van der Waals surface area contributed by atoms with E-state index in [2.05, 4.69) is 0 Å². The number of carbonyl (C=O) groups excluding carboxylic acids is 1. The van der Waals surface area contributed by atoms with E-state index in [1.807, 2.05) is 13.0 Å². The minimum atomic E-state index is -0.729. The molecule has 1 atom stereocenters. The summed E-state index contributed by atoms with van der Waals surface area (Å²) in [6.07, 6.45) is 0.284. The fraction of sp³-hybridized carbons (Fsp3) is 0.417. The highest BCUT2D eigenvalue weighted by Gasteiger charge is 2.16. The van der Waals surface area contributed by atoms with Crippen molar-refractivity contribution >= 4 is 5.97 Å². The van der Waals surface area contributed by atoms with Crippen LogP contribution in [0, 0.1) is 6.92 Å². The number of phenolic OH excluding ortho intramolecular Hbond substituents is 1. The third-order valence-corrected chi connectivity index (χ3v) is 2.26. The van der Waals surface area contributed by atoms with Gasteiger partial charge in [-0.05, 0) is 25.5 Å². The van der Waals surface area contributed by atoms with Gasteiger partial charge in [0.25, 0.3) is 0 Å². The number of carbonyl (C=O) groups is 1. The van der Waals surface area contributed by atoms with Crippen molar-refractivity contribution in [3.05, 3.63) is 29.3 Å². The van der Waals surface area contributed by atoms with Crippen LogP contribution in [0.3, 0.4) is 0 Å². The molecular weight excluding hydrogens is 206 g/mol. The molecule has 0 saturated carbocycles. The smallest absolute Gasteiger partial charge is 0.323 e. The highest BCUT2D eigenvalue weighted by atomic mass is 16.5. The highest BCUT2D eigenvalue weighted by Crippen LogP contribution is 2.19. The van der Waals surface area contributed by atoms with E-state index in [4.69, 9.17) is 10.5 Å². The fourth-order valence-corrected chi connectivity index (χ4v) is 1.45. The molecule has 0 fully saturated rings. The summed E-state index contributed by atoms with van der Waals surface area (Å²) in [6, 6.07) is 4.48. The third-order valence-electron chi connectivity index (χ3n) is 2.26. The molecule has 0 spiro atoms. The Hall–Kier alpha value is -1.55. The molecule has 0 aromatic heterocycles. The maximum atomic E-state index is 11.3. The predicted octanol–water partition coefficient (Wildman–Crippen LogP) is 1.13. The fourth-order valence-electron chi connectivity index (χ4n) is 1.45. The van der Waals surface area contributed by atoms with Crippen molar-refractivity contribution in [3.63, 3.8) is 0 Å². The molecule has 88 valence electrons. The van der Waals surface area contributed by atoms with Crippen LogP contribution in [0.25, 0.3) is 0 Å². The Labute approximate surface area is 95.0 Å². The molecule has 1 rings (SSSR count). The molecule has 1 aromatic rings. The van der Waals surface area contributed by atoms with Gasteiger partial charge in [-0.2, -0.15) is 0 Å². The lowest BCUT2D eigenvalue weighted by Crippen LogP contribution is -2.34. The quantitative estimate of drug-likeness (QED) is 0.751. The van der Waals surface area contributed by atoms with E-state index in [1.54, 1.807) is 19.1 Å². The molecule has 0 amide bonds. The standard InChI is InChI=1S/C12H17NO3/c1-3-16-12(15)10(13)7-9-6-8(2)4-5-11(9)14/h4-6,10,14H,3,7,13H2,1-2H3. The van der Waals surface area contributed by atoms with Crippen molar-refractivity contribution in [3.8, 4) is 5.75 Å². The first kappa shape index (κ1) is 12.5. The molecule has 4 nitrogen and oxygen atoms in total. The van der Waals surface area contributed by atoms with Crippen LogP contribution < -0.4 is 5.73 Å². The number of esters is 1. The van der Waals surface area contributed by atoms with Crippen LogP contribution in [0.5, 0.6) is 5.75 Å². The van der Waals surface area contributed by atoms with Gasteiger partial charge in [-0.3, -0.25) is 4.79 Å². The van der Waals surface area contributed by atoms with Crippen molar-refractivity contribution < 1.29 is 14.6 Å². The summed E-state index contributed by atoms with van der Waals surface area (Å²) in [5, 5.41) is 9.59. The largest absolute Gasteiger partial charge is 0.508 e. The van der Waals surface area contributed by atoms with Gasteiger partial charge in [0.05, 0.1) is 6.61 Å². The molecule has 4 heteroatoms. The van der Waals surface area contributed by atoms with Crippen LogP contribution in [0.15, 0.2) is 18.2 Å². The Balaban J connectivity index is 2.72. The maximum absolute atomic E-state index is 11.3. The molecule has 0 heterocycles. The molecule has 0 radical (unpaired) electrons. The zero-order valence-corrected chi connectivity index (χ0v) is 9.56. The highest BCUT2D eigenvalue weighted by molar-refractivity contribution is 5.76. The van der Waals surface area contributed by atoms with Gasteiger partial charge in [0.1, 0.15) is 11.8 Å². The number of aromatic hydroxyl groups is 1. The Morgan fingerprint density at radius 3 is 2.88 bits per heavy atom. The average molecular weight is 223 g/mol. The molecule has 1 aromatic carbocycles. The van der Waals surface area contributed by atoms with Crippen molar-refractivity contribution in [2.75, 3.05) is 6.61 Å². The van der Waals surface area contributed by atoms with Crippen LogP contribution >= 0.6 is 0 Å². The Bertz CT molecular complexity index is 377. The summed E-state index contributed by atoms with van der Waals surface area (Å²) in [4.78, 5) is 11.3. The summed E-state index contributed by atoms with van der Waals surface area (Å²) in [5.41, 5.74) is 7.35. The van der Waals surface area contributed by atoms with E-state index in [0.717, 1.165) is 5.56 Å². The number of benzene rings is 1. The Kier molecular flexibility index (Phi) is 4.31. The molecule has 0 aliphatic rings. The second-order valence-electron chi connectivity index (χ2n) is 3.69. The van der Waals surface area contributed by atoms with Gasteiger partial charge in [-0.25, -0.2) is 0 Å². The lowest BCUT2D eigenvalue weighted by molar-refractivity contribution is -0.144. The van der Waals surface area contributed by atoms with E-state index < -0.39 is 12.0 Å². The second kappa shape index (κ2) is 5.51. The molecule has 16 heavy (non-hydrogen) atoms. The van der Waals surface area contributed by atoms with Gasteiger partial charge in [-0.15, -0.1) is 0 Å². The van der Waals surface area contributed by atoms with Crippen LogP contribution in [0.2, 0.25) is 0 Å². The van der Waals surface area contributed by atoms with E-state index >= 15 is 0 Å². The van der Waals surface area contributed by atoms with E-state index in [1.165, 1.54) is 0 Å². The van der Waals surface area contributed by atoms with Gasteiger partial charge >= 0.3 is 5.97 Å². The number of nitrogens with two attached hydrogens (primary N) is 1. The van der Waals surface area contributed by atoms with Crippen molar-refractivity contribution in [1.82, 2.24) is 0 Å². The first-order chi connectivity index (χ1) is 7.54. The summed E-state index contributed by atoms with van der Waals surface area (Å²) < 4.78 is 4.80. The van der Waals surface area contributed by atoms with Crippen molar-refractivity contribution in [2.24, 2.45) is 5.73 Å². The molecule has 0 bridgehead atoms. The van der Waals surface area contributed by atoms with Gasteiger partial charge in [0.2, 0.25) is 0 Å². The van der Waals surface area contributed by atoms with Crippen LogP contribution in [-0.2, 0) is 16.0 Å². The molecule has 1 unspecified atom stereocenters. The molecule has 0 aliphatic heterocycles. The van der Waals surface area contributed by atoms with Gasteiger partial charge < -0.3 is 15.6 Å². The number of rotatable bonds is 4. The number of aryl methyl sites for hydroxylation is 1. The summed E-state index contributed by atoms with van der Waals surface area (Å²) in [7, 11) is 0. The van der Waals surface area contributed by atoms with E-state index in [0.29, 0.717) is 12.2 Å². The first-order valence-corrected chi connectivity index (χ1v) is 5.25. The number of phenols is 1. The zero-order chi connectivity index (χ0) is 12.1. The average Bonchev–Trinajstić information content (AvgIpc) is 2.23. The lowest BCUT2D eigenvalue weighted by atomic mass is 10.0. The van der Waals surface area contributed by atoms with Crippen molar-refractivity contribution in [2.45, 2.75) is 26.3 Å². The normalized spacial score (nSPS) is 12.2. The minimum absolute atomic E-state index is 0.158. The van der Waals surface area contributed by atoms with Gasteiger partial charge in [-0.1, -0.05) is 17.7 Å². The van der Waals surface area contributed by atoms with Crippen molar-refractivity contribution in [1.29, 1.82) is 0 Å². The van der Waals surface area contributed by atoms with Gasteiger partial charge in [0, 0.05) is 6.42 Å². The Morgan fingerprint density at radius 1 is 1.56 bits per heavy atom.